The highest BCUT2D eigenvalue weighted by Gasteiger charge is 2.44. The zero-order valence-electron chi connectivity index (χ0n) is 13.9. The topological polar surface area (TPSA) is 47.6 Å². The molecule has 0 radical (unpaired) electrons. The molecule has 2 aromatic rings. The van der Waals surface area contributed by atoms with Crippen LogP contribution >= 0.6 is 11.6 Å². The lowest BCUT2D eigenvalue weighted by Gasteiger charge is -2.20. The second-order valence-corrected chi connectivity index (χ2v) is 7.11. The summed E-state index contributed by atoms with van der Waals surface area (Å²) in [4.78, 5) is 12.4. The molecular weight excluding hydrogens is 338 g/mol. The van der Waals surface area contributed by atoms with Crippen LogP contribution in [0.5, 0.6) is 11.5 Å². The van der Waals surface area contributed by atoms with E-state index in [9.17, 15) is 4.79 Å². The molecule has 0 unspecified atom stereocenters. The molecule has 2 aliphatic rings. The van der Waals surface area contributed by atoms with E-state index in [1.807, 2.05) is 12.1 Å². The SMILES string of the molecule is O=C(Cc1cc(Cl)c2c(c1)OCCO2)NCC1(c2ccccc2)CC1. The van der Waals surface area contributed by atoms with Crippen LogP contribution in [0.15, 0.2) is 42.5 Å². The highest BCUT2D eigenvalue weighted by Crippen LogP contribution is 2.47. The normalized spacial score (nSPS) is 17.0. The highest BCUT2D eigenvalue weighted by molar-refractivity contribution is 6.32. The van der Waals surface area contributed by atoms with Gasteiger partial charge in [0.1, 0.15) is 13.2 Å². The van der Waals surface area contributed by atoms with Crippen LogP contribution < -0.4 is 14.8 Å². The Bertz CT molecular complexity index is 787. The van der Waals surface area contributed by atoms with Crippen LogP contribution in [0.4, 0.5) is 0 Å². The van der Waals surface area contributed by atoms with E-state index >= 15 is 0 Å². The molecule has 0 bridgehead atoms. The van der Waals surface area contributed by atoms with Gasteiger partial charge in [-0.15, -0.1) is 0 Å². The van der Waals surface area contributed by atoms with Crippen molar-refractivity contribution >= 4 is 17.5 Å². The van der Waals surface area contributed by atoms with E-state index in [2.05, 4.69) is 29.6 Å². The zero-order chi connectivity index (χ0) is 17.3. The third kappa shape index (κ3) is 3.45. The van der Waals surface area contributed by atoms with Crippen LogP contribution in [0.1, 0.15) is 24.0 Å². The fraction of sp³-hybridized carbons (Fsp3) is 0.350. The van der Waals surface area contributed by atoms with Crippen molar-refractivity contribution in [3.8, 4) is 11.5 Å². The van der Waals surface area contributed by atoms with E-state index in [0.717, 1.165) is 18.4 Å². The third-order valence-corrected chi connectivity index (χ3v) is 5.17. The Kier molecular flexibility index (Phi) is 4.30. The second kappa shape index (κ2) is 6.60. The number of rotatable bonds is 5. The molecular formula is C20H20ClNO3. The number of benzene rings is 2. The quantitative estimate of drug-likeness (QED) is 0.890. The van der Waals surface area contributed by atoms with Crippen molar-refractivity contribution < 1.29 is 14.3 Å². The van der Waals surface area contributed by atoms with Gasteiger partial charge >= 0.3 is 0 Å². The number of amides is 1. The Hall–Kier alpha value is -2.20. The molecule has 1 fully saturated rings. The number of halogens is 1. The molecule has 1 aliphatic carbocycles. The summed E-state index contributed by atoms with van der Waals surface area (Å²) >= 11 is 6.23. The summed E-state index contributed by atoms with van der Waals surface area (Å²) in [6, 6.07) is 14.0. The minimum atomic E-state index is -0.00468. The first-order chi connectivity index (χ1) is 12.2. The van der Waals surface area contributed by atoms with Gasteiger partial charge in [0.15, 0.2) is 11.5 Å². The van der Waals surface area contributed by atoms with Crippen molar-refractivity contribution in [3.05, 3.63) is 58.6 Å². The van der Waals surface area contributed by atoms with Crippen LogP contribution in [0, 0.1) is 0 Å². The average Bonchev–Trinajstić information content (AvgIpc) is 3.42. The van der Waals surface area contributed by atoms with Crippen LogP contribution in [-0.2, 0) is 16.6 Å². The standard InChI is InChI=1S/C20H20ClNO3/c21-16-10-14(11-17-19(16)25-9-8-24-17)12-18(23)22-13-20(6-7-20)15-4-2-1-3-5-15/h1-5,10-11H,6-9,12-13H2,(H,22,23). The van der Waals surface area contributed by atoms with Gasteiger partial charge in [0.2, 0.25) is 5.91 Å². The van der Waals surface area contributed by atoms with Gasteiger partial charge in [0, 0.05) is 12.0 Å². The molecule has 130 valence electrons. The van der Waals surface area contributed by atoms with E-state index in [0.29, 0.717) is 36.3 Å². The molecule has 4 nitrogen and oxygen atoms in total. The minimum absolute atomic E-state index is 0.00468. The molecule has 0 saturated heterocycles. The minimum Gasteiger partial charge on any atom is -0.486 e. The maximum Gasteiger partial charge on any atom is 0.224 e. The number of fused-ring (bicyclic) bond motifs is 1. The van der Waals surface area contributed by atoms with E-state index < -0.39 is 0 Å². The molecule has 0 aromatic heterocycles. The molecule has 2 aromatic carbocycles. The molecule has 1 N–H and O–H groups in total. The second-order valence-electron chi connectivity index (χ2n) is 6.70. The lowest BCUT2D eigenvalue weighted by Crippen LogP contribution is -2.33. The van der Waals surface area contributed by atoms with E-state index in [1.54, 1.807) is 6.07 Å². The fourth-order valence-electron chi connectivity index (χ4n) is 3.29. The first kappa shape index (κ1) is 16.3. The maximum absolute atomic E-state index is 12.4. The Labute approximate surface area is 152 Å². The Balaban J connectivity index is 1.39. The fourth-order valence-corrected chi connectivity index (χ4v) is 3.58. The van der Waals surface area contributed by atoms with Crippen molar-refractivity contribution in [2.24, 2.45) is 0 Å². The van der Waals surface area contributed by atoms with Crippen molar-refractivity contribution in [2.45, 2.75) is 24.7 Å². The molecule has 5 heteroatoms. The molecule has 1 aliphatic heterocycles. The molecule has 1 amide bonds. The molecule has 25 heavy (non-hydrogen) atoms. The van der Waals surface area contributed by atoms with Crippen LogP contribution in [0.2, 0.25) is 5.02 Å². The van der Waals surface area contributed by atoms with Crippen molar-refractivity contribution in [3.63, 3.8) is 0 Å². The van der Waals surface area contributed by atoms with Crippen molar-refractivity contribution in [1.82, 2.24) is 5.32 Å². The summed E-state index contributed by atoms with van der Waals surface area (Å²) < 4.78 is 11.1. The van der Waals surface area contributed by atoms with Crippen molar-refractivity contribution in [2.75, 3.05) is 19.8 Å². The summed E-state index contributed by atoms with van der Waals surface area (Å²) in [6.07, 6.45) is 2.52. The maximum atomic E-state index is 12.4. The largest absolute Gasteiger partial charge is 0.486 e. The van der Waals surface area contributed by atoms with Gasteiger partial charge in [-0.25, -0.2) is 0 Å². The molecule has 1 saturated carbocycles. The third-order valence-electron chi connectivity index (χ3n) is 4.88. The summed E-state index contributed by atoms with van der Waals surface area (Å²) in [5, 5.41) is 3.57. The van der Waals surface area contributed by atoms with E-state index in [-0.39, 0.29) is 17.7 Å². The van der Waals surface area contributed by atoms with Gasteiger partial charge in [0.05, 0.1) is 11.4 Å². The predicted molar refractivity (Wildman–Crippen MR) is 96.5 cm³/mol. The van der Waals surface area contributed by atoms with Gasteiger partial charge in [-0.1, -0.05) is 41.9 Å². The van der Waals surface area contributed by atoms with Gasteiger partial charge in [-0.3, -0.25) is 4.79 Å². The van der Waals surface area contributed by atoms with Crippen LogP contribution in [-0.4, -0.2) is 25.7 Å². The van der Waals surface area contributed by atoms with Gasteiger partial charge < -0.3 is 14.8 Å². The van der Waals surface area contributed by atoms with Gasteiger partial charge in [-0.2, -0.15) is 0 Å². The first-order valence-electron chi connectivity index (χ1n) is 8.57. The smallest absolute Gasteiger partial charge is 0.224 e. The lowest BCUT2D eigenvalue weighted by molar-refractivity contribution is -0.120. The summed E-state index contributed by atoms with van der Waals surface area (Å²) in [5.74, 6) is 1.18. The number of carbonyl (C=O) groups is 1. The predicted octanol–water partition coefficient (Wildman–Crippen LogP) is 3.50. The molecule has 4 rings (SSSR count). The summed E-state index contributed by atoms with van der Waals surface area (Å²) in [6.45, 7) is 1.67. The summed E-state index contributed by atoms with van der Waals surface area (Å²) in [7, 11) is 0. The molecule has 0 spiro atoms. The van der Waals surface area contributed by atoms with Crippen LogP contribution in [0.25, 0.3) is 0 Å². The number of carbonyl (C=O) groups excluding carboxylic acids is 1. The Morgan fingerprint density at radius 3 is 2.64 bits per heavy atom. The Morgan fingerprint density at radius 2 is 1.88 bits per heavy atom. The average molecular weight is 358 g/mol. The molecule has 1 heterocycles. The number of hydrogen-bond donors (Lipinski definition) is 1. The zero-order valence-corrected chi connectivity index (χ0v) is 14.6. The monoisotopic (exact) mass is 357 g/mol. The van der Waals surface area contributed by atoms with Gasteiger partial charge in [-0.05, 0) is 36.1 Å². The number of ether oxygens (including phenoxy) is 2. The Morgan fingerprint density at radius 1 is 1.12 bits per heavy atom. The van der Waals surface area contributed by atoms with Crippen molar-refractivity contribution in [1.29, 1.82) is 0 Å². The highest BCUT2D eigenvalue weighted by atomic mass is 35.5. The van der Waals surface area contributed by atoms with E-state index in [4.69, 9.17) is 21.1 Å². The van der Waals surface area contributed by atoms with Crippen LogP contribution in [0.3, 0.4) is 0 Å². The first-order valence-corrected chi connectivity index (χ1v) is 8.94. The van der Waals surface area contributed by atoms with Gasteiger partial charge in [0.25, 0.3) is 0 Å². The number of hydrogen-bond acceptors (Lipinski definition) is 3. The summed E-state index contributed by atoms with van der Waals surface area (Å²) in [5.41, 5.74) is 2.25. The molecule has 0 atom stereocenters. The van der Waals surface area contributed by atoms with E-state index in [1.165, 1.54) is 5.56 Å². The lowest BCUT2D eigenvalue weighted by atomic mass is 9.96. The number of nitrogens with one attached hydrogen (secondary N) is 1.